The van der Waals surface area contributed by atoms with Crippen LogP contribution in [0.3, 0.4) is 0 Å². The maximum Gasteiger partial charge on any atom is 0.318 e. The molecule has 1 aromatic heterocycles. The lowest BCUT2D eigenvalue weighted by atomic mass is 10.1. The van der Waals surface area contributed by atoms with Crippen LogP contribution < -0.4 is 10.9 Å². The van der Waals surface area contributed by atoms with E-state index in [1.807, 2.05) is 79.7 Å². The average Bonchev–Trinajstić information content (AvgIpc) is 2.86. The molecule has 6 nitrogen and oxygen atoms in total. The van der Waals surface area contributed by atoms with Crippen LogP contribution in [0.15, 0.2) is 88.1 Å². The molecular formula is C28H29BrN4O2. The van der Waals surface area contributed by atoms with Gasteiger partial charge in [-0.2, -0.15) is 0 Å². The summed E-state index contributed by atoms with van der Waals surface area (Å²) in [7, 11) is 0. The minimum atomic E-state index is -0.450. The molecule has 0 aliphatic heterocycles. The number of rotatable bonds is 7. The first kappa shape index (κ1) is 24.7. The zero-order valence-electron chi connectivity index (χ0n) is 20.1. The van der Waals surface area contributed by atoms with Crippen molar-refractivity contribution in [2.24, 2.45) is 5.92 Å². The van der Waals surface area contributed by atoms with Gasteiger partial charge in [0.25, 0.3) is 5.56 Å². The molecule has 0 aliphatic carbocycles. The number of amides is 2. The van der Waals surface area contributed by atoms with Gasteiger partial charge in [0.05, 0.1) is 22.6 Å². The van der Waals surface area contributed by atoms with Crippen LogP contribution >= 0.6 is 15.9 Å². The second kappa shape index (κ2) is 10.9. The van der Waals surface area contributed by atoms with Gasteiger partial charge < -0.3 is 10.2 Å². The number of carbonyl (C=O) groups is 1. The second-order valence-corrected chi connectivity index (χ2v) is 9.89. The molecule has 0 saturated carbocycles. The van der Waals surface area contributed by atoms with E-state index in [4.69, 9.17) is 4.98 Å². The van der Waals surface area contributed by atoms with Crippen molar-refractivity contribution in [2.75, 3.05) is 6.54 Å². The van der Waals surface area contributed by atoms with Gasteiger partial charge in [-0.1, -0.05) is 72.2 Å². The average molecular weight is 533 g/mol. The van der Waals surface area contributed by atoms with E-state index in [-0.39, 0.29) is 17.5 Å². The van der Waals surface area contributed by atoms with Gasteiger partial charge in [-0.3, -0.25) is 9.36 Å². The Bertz CT molecular complexity index is 1370. The van der Waals surface area contributed by atoms with Gasteiger partial charge in [-0.25, -0.2) is 9.78 Å². The molecule has 1 heterocycles. The molecule has 0 aliphatic rings. The van der Waals surface area contributed by atoms with Gasteiger partial charge in [-0.15, -0.1) is 0 Å². The summed E-state index contributed by atoms with van der Waals surface area (Å²) in [5, 5.41) is 3.58. The van der Waals surface area contributed by atoms with E-state index in [2.05, 4.69) is 35.1 Å². The molecule has 1 unspecified atom stereocenters. The molecular weight excluding hydrogens is 504 g/mol. The van der Waals surface area contributed by atoms with E-state index in [9.17, 15) is 9.59 Å². The highest BCUT2D eigenvalue weighted by Gasteiger charge is 2.27. The Kier molecular flexibility index (Phi) is 7.66. The van der Waals surface area contributed by atoms with Crippen molar-refractivity contribution < 1.29 is 4.79 Å². The first-order valence-electron chi connectivity index (χ1n) is 11.7. The summed E-state index contributed by atoms with van der Waals surface area (Å²) in [5.41, 5.74) is 2.18. The summed E-state index contributed by atoms with van der Waals surface area (Å²) in [4.78, 5) is 33.7. The molecule has 4 aromatic rings. The van der Waals surface area contributed by atoms with Crippen molar-refractivity contribution in [1.29, 1.82) is 0 Å². The van der Waals surface area contributed by atoms with Gasteiger partial charge in [0.15, 0.2) is 0 Å². The number of para-hydroxylation sites is 1. The van der Waals surface area contributed by atoms with Crippen LogP contribution in [0.4, 0.5) is 4.79 Å². The number of carbonyl (C=O) groups excluding carboxylic acids is 1. The van der Waals surface area contributed by atoms with Gasteiger partial charge in [-0.05, 0) is 54.8 Å². The van der Waals surface area contributed by atoms with Gasteiger partial charge in [0.2, 0.25) is 0 Å². The maximum atomic E-state index is 13.7. The van der Waals surface area contributed by atoms with Crippen LogP contribution in [0.1, 0.15) is 38.2 Å². The van der Waals surface area contributed by atoms with Crippen molar-refractivity contribution in [3.8, 4) is 5.69 Å². The van der Waals surface area contributed by atoms with E-state index < -0.39 is 6.04 Å². The number of nitrogens with zero attached hydrogens (tertiary/aromatic N) is 3. The van der Waals surface area contributed by atoms with E-state index in [1.54, 1.807) is 15.5 Å². The Morgan fingerprint density at radius 2 is 1.63 bits per heavy atom. The van der Waals surface area contributed by atoms with Crippen LogP contribution in [0.5, 0.6) is 0 Å². The highest BCUT2D eigenvalue weighted by molar-refractivity contribution is 9.10. The largest absolute Gasteiger partial charge is 0.334 e. The number of urea groups is 1. The first-order chi connectivity index (χ1) is 16.8. The fraction of sp³-hybridized carbons (Fsp3) is 0.250. The van der Waals surface area contributed by atoms with E-state index in [0.717, 1.165) is 10.0 Å². The lowest BCUT2D eigenvalue weighted by Crippen LogP contribution is -2.44. The molecule has 1 N–H and O–H groups in total. The number of hydrogen-bond acceptors (Lipinski definition) is 3. The summed E-state index contributed by atoms with van der Waals surface area (Å²) in [6.07, 6.45) is 0. The van der Waals surface area contributed by atoms with Crippen LogP contribution in [0.25, 0.3) is 16.6 Å². The molecule has 0 fully saturated rings. The van der Waals surface area contributed by atoms with Gasteiger partial charge >= 0.3 is 6.03 Å². The lowest BCUT2D eigenvalue weighted by Gasteiger charge is -2.32. The maximum absolute atomic E-state index is 13.7. The van der Waals surface area contributed by atoms with Crippen LogP contribution in [0.2, 0.25) is 0 Å². The summed E-state index contributed by atoms with van der Waals surface area (Å²) < 4.78 is 2.54. The molecule has 0 saturated heterocycles. The molecule has 0 spiro atoms. The first-order valence-corrected chi connectivity index (χ1v) is 12.5. The highest BCUT2D eigenvalue weighted by Crippen LogP contribution is 2.24. The summed E-state index contributed by atoms with van der Waals surface area (Å²) in [6.45, 7) is 7.01. The minimum absolute atomic E-state index is 0.158. The SMILES string of the molecule is CC(C)CN(C(=O)NCc1ccccc1)C(C)c1nc2ccccc2c(=O)n1-c1ccc(Br)cc1. The summed E-state index contributed by atoms with van der Waals surface area (Å²) in [6, 6.07) is 24.0. The molecule has 1 atom stereocenters. The molecule has 180 valence electrons. The second-order valence-electron chi connectivity index (χ2n) is 8.97. The number of halogens is 1. The Morgan fingerprint density at radius 3 is 2.31 bits per heavy atom. The van der Waals surface area contributed by atoms with E-state index in [0.29, 0.717) is 35.5 Å². The highest BCUT2D eigenvalue weighted by atomic mass is 79.9. The van der Waals surface area contributed by atoms with Crippen molar-refractivity contribution in [3.63, 3.8) is 0 Å². The molecule has 4 rings (SSSR count). The predicted molar refractivity (Wildman–Crippen MR) is 144 cm³/mol. The third-order valence-corrected chi connectivity index (χ3v) is 6.37. The van der Waals surface area contributed by atoms with Crippen molar-refractivity contribution >= 4 is 32.9 Å². The number of fused-ring (bicyclic) bond motifs is 1. The normalized spacial score (nSPS) is 12.0. The fourth-order valence-corrected chi connectivity index (χ4v) is 4.36. The number of nitrogens with one attached hydrogen (secondary N) is 1. The smallest absolute Gasteiger partial charge is 0.318 e. The van der Waals surface area contributed by atoms with Crippen molar-refractivity contribution in [3.05, 3.63) is 105 Å². The lowest BCUT2D eigenvalue weighted by molar-refractivity contribution is 0.166. The van der Waals surface area contributed by atoms with Gasteiger partial charge in [0, 0.05) is 17.6 Å². The monoisotopic (exact) mass is 532 g/mol. The molecule has 35 heavy (non-hydrogen) atoms. The summed E-state index contributed by atoms with van der Waals surface area (Å²) in [5.74, 6) is 0.750. The molecule has 0 radical (unpaired) electrons. The Balaban J connectivity index is 1.78. The number of hydrogen-bond donors (Lipinski definition) is 1. The zero-order chi connectivity index (χ0) is 24.9. The number of benzene rings is 3. The fourth-order valence-electron chi connectivity index (χ4n) is 4.09. The predicted octanol–water partition coefficient (Wildman–Crippen LogP) is 6.08. The quantitative estimate of drug-likeness (QED) is 0.313. The zero-order valence-corrected chi connectivity index (χ0v) is 21.7. The standard InChI is InChI=1S/C28H29BrN4O2/c1-19(2)18-32(28(35)30-17-21-9-5-4-6-10-21)20(3)26-31-25-12-8-7-11-24(25)27(34)33(26)23-15-13-22(29)14-16-23/h4-16,19-20H,17-18H2,1-3H3,(H,30,35). The van der Waals surface area contributed by atoms with Crippen molar-refractivity contribution in [1.82, 2.24) is 19.8 Å². The topological polar surface area (TPSA) is 67.2 Å². The molecule has 3 aromatic carbocycles. The van der Waals surface area contributed by atoms with E-state index >= 15 is 0 Å². The van der Waals surface area contributed by atoms with E-state index in [1.165, 1.54) is 0 Å². The molecule has 7 heteroatoms. The summed E-state index contributed by atoms with van der Waals surface area (Å²) >= 11 is 3.47. The van der Waals surface area contributed by atoms with Crippen LogP contribution in [0, 0.1) is 5.92 Å². The Labute approximate surface area is 213 Å². The van der Waals surface area contributed by atoms with Crippen LogP contribution in [-0.4, -0.2) is 27.0 Å². The van der Waals surface area contributed by atoms with Crippen molar-refractivity contribution in [2.45, 2.75) is 33.4 Å². The third kappa shape index (κ3) is 5.62. The van der Waals surface area contributed by atoms with Gasteiger partial charge in [0.1, 0.15) is 5.82 Å². The molecule has 2 amide bonds. The minimum Gasteiger partial charge on any atom is -0.334 e. The Hall–Kier alpha value is -3.45. The molecule has 0 bridgehead atoms. The number of aromatic nitrogens is 2. The Morgan fingerprint density at radius 1 is 0.971 bits per heavy atom. The van der Waals surface area contributed by atoms with Crippen LogP contribution in [-0.2, 0) is 6.54 Å². The third-order valence-electron chi connectivity index (χ3n) is 5.84.